The monoisotopic (exact) mass is 412 g/mol. The highest BCUT2D eigenvalue weighted by molar-refractivity contribution is 5.98. The van der Waals surface area contributed by atoms with Crippen molar-refractivity contribution in [2.75, 3.05) is 5.32 Å². The number of rotatable bonds is 5. The Bertz CT molecular complexity index is 1260. The van der Waals surface area contributed by atoms with E-state index < -0.39 is 0 Å². The maximum Gasteiger partial charge on any atom is 0.251 e. The van der Waals surface area contributed by atoms with E-state index in [0.717, 1.165) is 28.1 Å². The van der Waals surface area contributed by atoms with E-state index in [2.05, 4.69) is 20.2 Å². The van der Waals surface area contributed by atoms with Gasteiger partial charge in [-0.1, -0.05) is 30.3 Å². The fourth-order valence-corrected chi connectivity index (χ4v) is 3.70. The number of amides is 2. The summed E-state index contributed by atoms with van der Waals surface area (Å²) in [6.07, 6.45) is 0. The third-order valence-corrected chi connectivity index (χ3v) is 5.15. The zero-order chi connectivity index (χ0) is 22.0. The molecule has 0 fully saturated rings. The smallest absolute Gasteiger partial charge is 0.251 e. The summed E-state index contributed by atoms with van der Waals surface area (Å²) in [6, 6.07) is 22.8. The van der Waals surface area contributed by atoms with Gasteiger partial charge in [-0.3, -0.25) is 14.2 Å². The van der Waals surface area contributed by atoms with Gasteiger partial charge in [-0.25, -0.2) is 4.98 Å². The van der Waals surface area contributed by atoms with Crippen molar-refractivity contribution in [1.82, 2.24) is 14.9 Å². The van der Waals surface area contributed by atoms with Crippen molar-refractivity contribution in [2.45, 2.75) is 26.8 Å². The number of imidazole rings is 1. The Hall–Kier alpha value is -3.93. The Kier molecular flexibility index (Phi) is 5.54. The maximum absolute atomic E-state index is 12.9. The van der Waals surface area contributed by atoms with Gasteiger partial charge in [-0.05, 0) is 61.9 Å². The van der Waals surface area contributed by atoms with Crippen LogP contribution in [-0.2, 0) is 4.79 Å². The van der Waals surface area contributed by atoms with E-state index in [0.29, 0.717) is 11.3 Å². The summed E-state index contributed by atoms with van der Waals surface area (Å²) in [5.41, 5.74) is 4.92. The fraction of sp³-hybridized carbons (Fsp3) is 0.160. The minimum absolute atomic E-state index is 0.132. The minimum atomic E-state index is -0.222. The molecule has 31 heavy (non-hydrogen) atoms. The summed E-state index contributed by atoms with van der Waals surface area (Å²) in [5.74, 6) is 0.556. The van der Waals surface area contributed by atoms with E-state index in [9.17, 15) is 9.59 Å². The van der Waals surface area contributed by atoms with E-state index in [-0.39, 0.29) is 17.9 Å². The lowest BCUT2D eigenvalue weighted by Crippen LogP contribution is -2.26. The Morgan fingerprint density at radius 1 is 0.968 bits per heavy atom. The third-order valence-electron chi connectivity index (χ3n) is 5.15. The fourth-order valence-electron chi connectivity index (χ4n) is 3.70. The molecule has 6 heteroatoms. The summed E-state index contributed by atoms with van der Waals surface area (Å²) < 4.78 is 2.08. The Morgan fingerprint density at radius 2 is 1.74 bits per heavy atom. The number of carbonyl (C=O) groups excluding carboxylic acids is 2. The number of anilines is 1. The molecule has 1 heterocycles. The molecule has 0 aliphatic carbocycles. The first-order valence-corrected chi connectivity index (χ1v) is 10.2. The third kappa shape index (κ3) is 4.33. The van der Waals surface area contributed by atoms with Gasteiger partial charge in [0.25, 0.3) is 5.91 Å². The number of benzene rings is 3. The second-order valence-electron chi connectivity index (χ2n) is 7.54. The highest BCUT2D eigenvalue weighted by Crippen LogP contribution is 2.23. The van der Waals surface area contributed by atoms with E-state index in [1.54, 1.807) is 0 Å². The van der Waals surface area contributed by atoms with Crippen molar-refractivity contribution in [3.05, 3.63) is 89.7 Å². The van der Waals surface area contributed by atoms with Gasteiger partial charge in [0.15, 0.2) is 0 Å². The van der Waals surface area contributed by atoms with Crippen LogP contribution in [-0.4, -0.2) is 21.4 Å². The van der Waals surface area contributed by atoms with E-state index >= 15 is 0 Å². The van der Waals surface area contributed by atoms with Gasteiger partial charge in [0.1, 0.15) is 5.82 Å². The van der Waals surface area contributed by atoms with Gasteiger partial charge in [0.2, 0.25) is 5.91 Å². The number of nitrogens with one attached hydrogen (secondary N) is 2. The molecule has 4 rings (SSSR count). The van der Waals surface area contributed by atoms with E-state index in [1.807, 2.05) is 86.6 Å². The number of aryl methyl sites for hydroxylation is 1. The summed E-state index contributed by atoms with van der Waals surface area (Å²) in [7, 11) is 0. The molecule has 3 aromatic carbocycles. The predicted octanol–water partition coefficient (Wildman–Crippen LogP) is 4.78. The molecule has 0 bridgehead atoms. The number of hydrogen-bond donors (Lipinski definition) is 2. The molecule has 0 saturated carbocycles. The lowest BCUT2D eigenvalue weighted by atomic mass is 10.1. The molecule has 1 aromatic heterocycles. The van der Waals surface area contributed by atoms with Crippen molar-refractivity contribution in [3.8, 4) is 5.69 Å². The van der Waals surface area contributed by atoms with Gasteiger partial charge < -0.3 is 10.6 Å². The van der Waals surface area contributed by atoms with Crippen LogP contribution in [0.2, 0.25) is 0 Å². The second-order valence-corrected chi connectivity index (χ2v) is 7.54. The van der Waals surface area contributed by atoms with Crippen molar-refractivity contribution in [2.24, 2.45) is 0 Å². The van der Waals surface area contributed by atoms with Gasteiger partial charge in [-0.2, -0.15) is 0 Å². The second kappa shape index (κ2) is 8.44. The topological polar surface area (TPSA) is 76.0 Å². The molecular weight excluding hydrogens is 388 g/mol. The lowest BCUT2D eigenvalue weighted by molar-refractivity contribution is -0.114. The quantitative estimate of drug-likeness (QED) is 0.495. The lowest BCUT2D eigenvalue weighted by Gasteiger charge is -2.16. The summed E-state index contributed by atoms with van der Waals surface area (Å²) in [5, 5.41) is 5.79. The summed E-state index contributed by atoms with van der Waals surface area (Å²) in [4.78, 5) is 28.8. The first-order chi connectivity index (χ1) is 14.9. The van der Waals surface area contributed by atoms with Gasteiger partial charge in [0.05, 0.1) is 17.1 Å². The highest BCUT2D eigenvalue weighted by Gasteiger charge is 2.15. The molecule has 2 N–H and O–H groups in total. The molecule has 0 radical (unpaired) electrons. The standard InChI is InChI=1S/C25H24N4O2/c1-16(19-8-7-9-21(14-19)28-18(3)30)26-25(31)20-12-13-24-23(15-20)27-17(2)29(24)22-10-5-4-6-11-22/h4-16H,1-3H3,(H,26,31)(H,28,30). The molecule has 4 aromatic rings. The number of carbonyl (C=O) groups is 2. The van der Waals surface area contributed by atoms with Crippen molar-refractivity contribution in [3.63, 3.8) is 0 Å². The minimum Gasteiger partial charge on any atom is -0.346 e. The molecule has 156 valence electrons. The number of fused-ring (bicyclic) bond motifs is 1. The van der Waals surface area contributed by atoms with Gasteiger partial charge >= 0.3 is 0 Å². The summed E-state index contributed by atoms with van der Waals surface area (Å²) in [6.45, 7) is 5.34. The van der Waals surface area contributed by atoms with Crippen LogP contribution in [0, 0.1) is 6.92 Å². The molecule has 6 nitrogen and oxygen atoms in total. The zero-order valence-electron chi connectivity index (χ0n) is 17.7. The predicted molar refractivity (Wildman–Crippen MR) is 122 cm³/mol. The Morgan fingerprint density at radius 3 is 2.48 bits per heavy atom. The molecule has 0 saturated heterocycles. The van der Waals surface area contributed by atoms with Crippen molar-refractivity contribution < 1.29 is 9.59 Å². The molecular formula is C25H24N4O2. The average Bonchev–Trinajstić information content (AvgIpc) is 3.08. The van der Waals surface area contributed by atoms with E-state index in [1.165, 1.54) is 6.92 Å². The number of hydrogen-bond acceptors (Lipinski definition) is 3. The number of aromatic nitrogens is 2. The zero-order valence-corrected chi connectivity index (χ0v) is 17.7. The maximum atomic E-state index is 12.9. The molecule has 1 atom stereocenters. The molecule has 0 spiro atoms. The van der Waals surface area contributed by atoms with Crippen LogP contribution in [0.5, 0.6) is 0 Å². The van der Waals surface area contributed by atoms with Crippen LogP contribution in [0.1, 0.15) is 41.6 Å². The van der Waals surface area contributed by atoms with Crippen LogP contribution >= 0.6 is 0 Å². The number of para-hydroxylation sites is 1. The molecule has 1 unspecified atom stereocenters. The highest BCUT2D eigenvalue weighted by atomic mass is 16.2. The van der Waals surface area contributed by atoms with Crippen LogP contribution in [0.3, 0.4) is 0 Å². The average molecular weight is 412 g/mol. The Balaban J connectivity index is 1.56. The Labute approximate surface area is 180 Å². The molecule has 0 aliphatic heterocycles. The van der Waals surface area contributed by atoms with Gasteiger partial charge in [0, 0.05) is 23.9 Å². The van der Waals surface area contributed by atoms with Crippen LogP contribution < -0.4 is 10.6 Å². The van der Waals surface area contributed by atoms with Crippen LogP contribution in [0.4, 0.5) is 5.69 Å². The first kappa shape index (κ1) is 20.3. The van der Waals surface area contributed by atoms with Crippen LogP contribution in [0.15, 0.2) is 72.8 Å². The van der Waals surface area contributed by atoms with Crippen LogP contribution in [0.25, 0.3) is 16.7 Å². The van der Waals surface area contributed by atoms with Crippen molar-refractivity contribution >= 4 is 28.5 Å². The molecule has 0 aliphatic rings. The first-order valence-electron chi connectivity index (χ1n) is 10.2. The van der Waals surface area contributed by atoms with E-state index in [4.69, 9.17) is 0 Å². The summed E-state index contributed by atoms with van der Waals surface area (Å²) >= 11 is 0. The van der Waals surface area contributed by atoms with Crippen molar-refractivity contribution in [1.29, 1.82) is 0 Å². The van der Waals surface area contributed by atoms with Gasteiger partial charge in [-0.15, -0.1) is 0 Å². The molecule has 2 amide bonds. The normalized spacial score (nSPS) is 11.8. The largest absolute Gasteiger partial charge is 0.346 e. The number of nitrogens with zero attached hydrogens (tertiary/aromatic N) is 2. The SMILES string of the molecule is CC(=O)Nc1cccc(C(C)NC(=O)c2ccc3c(c2)nc(C)n3-c2ccccc2)c1.